The number of amides is 3. The van der Waals surface area contributed by atoms with E-state index in [0.29, 0.717) is 35.3 Å². The Bertz CT molecular complexity index is 1210. The molecule has 3 heterocycles. The number of para-hydroxylation sites is 1. The van der Waals surface area contributed by atoms with Gasteiger partial charge in [-0.2, -0.15) is 0 Å². The van der Waals surface area contributed by atoms with E-state index in [1.807, 2.05) is 12.1 Å². The monoisotopic (exact) mass is 463 g/mol. The first-order valence-corrected chi connectivity index (χ1v) is 12.0. The molecule has 0 radical (unpaired) electrons. The minimum absolute atomic E-state index is 0.0901. The number of anilines is 1. The second-order valence-corrected chi connectivity index (χ2v) is 9.74. The van der Waals surface area contributed by atoms with E-state index in [2.05, 4.69) is 19.9 Å². The van der Waals surface area contributed by atoms with Gasteiger partial charge in [-0.1, -0.05) is 49.4 Å². The molecule has 8 heteroatoms. The van der Waals surface area contributed by atoms with Crippen LogP contribution in [-0.4, -0.2) is 53.4 Å². The van der Waals surface area contributed by atoms with Crippen molar-refractivity contribution in [2.45, 2.75) is 38.7 Å². The third kappa shape index (κ3) is 3.94. The molecule has 5 rings (SSSR count). The molecule has 2 aliphatic rings. The van der Waals surface area contributed by atoms with E-state index in [-0.39, 0.29) is 18.6 Å². The number of thiazole rings is 1. The first-order valence-electron chi connectivity index (χ1n) is 11.2. The van der Waals surface area contributed by atoms with Crippen LogP contribution in [0, 0.1) is 0 Å². The number of imide groups is 1. The summed E-state index contributed by atoms with van der Waals surface area (Å²) in [6.45, 7) is 4.92. The summed E-state index contributed by atoms with van der Waals surface area (Å²) < 4.78 is 6.79. The quantitative estimate of drug-likeness (QED) is 0.511. The molecule has 0 saturated carbocycles. The van der Waals surface area contributed by atoms with E-state index < -0.39 is 11.8 Å². The summed E-state index contributed by atoms with van der Waals surface area (Å²) in [4.78, 5) is 46.6. The third-order valence-electron chi connectivity index (χ3n) is 6.17. The first-order chi connectivity index (χ1) is 15.9. The van der Waals surface area contributed by atoms with E-state index in [4.69, 9.17) is 9.72 Å². The Hall–Kier alpha value is -3.10. The van der Waals surface area contributed by atoms with Crippen LogP contribution >= 0.6 is 11.3 Å². The highest BCUT2D eigenvalue weighted by Gasteiger charge is 2.38. The lowest BCUT2D eigenvalue weighted by Crippen LogP contribution is -2.45. The molecule has 3 aromatic rings. The Labute approximate surface area is 196 Å². The second-order valence-electron chi connectivity index (χ2n) is 8.73. The number of nitrogens with zero attached hydrogens (tertiary/aromatic N) is 3. The molecule has 2 aliphatic heterocycles. The van der Waals surface area contributed by atoms with E-state index >= 15 is 0 Å². The number of hydrogen-bond donors (Lipinski definition) is 0. The van der Waals surface area contributed by atoms with Crippen molar-refractivity contribution in [3.05, 3.63) is 59.2 Å². The molecule has 0 bridgehead atoms. The predicted octanol–water partition coefficient (Wildman–Crippen LogP) is 4.23. The SMILES string of the molecule is CC(C)c1cccc2sc(N(CC3CCCO3)C(=O)CN3C(=O)c4ccccc4C3=O)nc12. The van der Waals surface area contributed by atoms with Gasteiger partial charge in [-0.25, -0.2) is 4.98 Å². The summed E-state index contributed by atoms with van der Waals surface area (Å²) in [5, 5.41) is 0.565. The van der Waals surface area contributed by atoms with Crippen molar-refractivity contribution in [2.75, 3.05) is 24.6 Å². The number of aromatic nitrogens is 1. The zero-order valence-corrected chi connectivity index (χ0v) is 19.4. The molecular formula is C25H25N3O4S. The molecule has 2 aromatic carbocycles. The van der Waals surface area contributed by atoms with Crippen molar-refractivity contribution >= 4 is 44.4 Å². The average molecular weight is 464 g/mol. The van der Waals surface area contributed by atoms with Crippen LogP contribution in [0.5, 0.6) is 0 Å². The van der Waals surface area contributed by atoms with Crippen molar-refractivity contribution in [3.8, 4) is 0 Å². The number of hydrogen-bond acceptors (Lipinski definition) is 6. The van der Waals surface area contributed by atoms with Gasteiger partial charge in [0.2, 0.25) is 5.91 Å². The Kier molecular flexibility index (Phi) is 5.72. The molecular weight excluding hydrogens is 438 g/mol. The Morgan fingerprint density at radius 3 is 2.52 bits per heavy atom. The summed E-state index contributed by atoms with van der Waals surface area (Å²) in [5.74, 6) is -0.922. The lowest BCUT2D eigenvalue weighted by molar-refractivity contribution is -0.119. The molecule has 1 saturated heterocycles. The number of rotatable bonds is 6. The van der Waals surface area contributed by atoms with Crippen LogP contribution in [0.1, 0.15) is 58.9 Å². The predicted molar refractivity (Wildman–Crippen MR) is 127 cm³/mol. The molecule has 0 spiro atoms. The largest absolute Gasteiger partial charge is 0.376 e. The number of carbonyl (C=O) groups is 3. The van der Waals surface area contributed by atoms with E-state index in [1.165, 1.54) is 11.3 Å². The van der Waals surface area contributed by atoms with Gasteiger partial charge < -0.3 is 4.74 Å². The summed E-state index contributed by atoms with van der Waals surface area (Å²) >= 11 is 1.45. The number of benzene rings is 2. The summed E-state index contributed by atoms with van der Waals surface area (Å²) in [6.07, 6.45) is 1.72. The van der Waals surface area contributed by atoms with Crippen LogP contribution in [0.4, 0.5) is 5.13 Å². The molecule has 0 aliphatic carbocycles. The molecule has 1 atom stereocenters. The molecule has 3 amide bonds. The molecule has 33 heavy (non-hydrogen) atoms. The van der Waals surface area contributed by atoms with Gasteiger partial charge in [0, 0.05) is 6.61 Å². The van der Waals surface area contributed by atoms with Crippen LogP contribution in [-0.2, 0) is 9.53 Å². The maximum atomic E-state index is 13.5. The van der Waals surface area contributed by atoms with Gasteiger partial charge >= 0.3 is 0 Å². The average Bonchev–Trinajstić information content (AvgIpc) is 3.53. The van der Waals surface area contributed by atoms with Gasteiger partial charge in [-0.3, -0.25) is 24.2 Å². The van der Waals surface area contributed by atoms with Gasteiger partial charge in [0.1, 0.15) is 6.54 Å². The lowest BCUT2D eigenvalue weighted by atomic mass is 10.0. The zero-order chi connectivity index (χ0) is 23.1. The van der Waals surface area contributed by atoms with Crippen molar-refractivity contribution in [3.63, 3.8) is 0 Å². The summed E-state index contributed by atoms with van der Waals surface area (Å²) in [7, 11) is 0. The molecule has 0 N–H and O–H groups in total. The van der Waals surface area contributed by atoms with Gasteiger partial charge in [0.05, 0.1) is 34.0 Å². The molecule has 1 unspecified atom stereocenters. The minimum atomic E-state index is -0.438. The number of fused-ring (bicyclic) bond motifs is 2. The van der Waals surface area contributed by atoms with Crippen LogP contribution in [0.25, 0.3) is 10.2 Å². The molecule has 7 nitrogen and oxygen atoms in total. The highest BCUT2D eigenvalue weighted by atomic mass is 32.1. The molecule has 1 fully saturated rings. The Morgan fingerprint density at radius 2 is 1.88 bits per heavy atom. The topological polar surface area (TPSA) is 79.8 Å². The van der Waals surface area contributed by atoms with Crippen molar-refractivity contribution < 1.29 is 19.1 Å². The normalized spacial score (nSPS) is 17.9. The van der Waals surface area contributed by atoms with Crippen LogP contribution in [0.3, 0.4) is 0 Å². The molecule has 170 valence electrons. The Balaban J connectivity index is 1.46. The standard InChI is InChI=1S/C25H25N3O4S/c1-15(2)17-10-5-11-20-22(17)26-25(33-20)27(13-16-7-6-12-32-16)21(29)14-28-23(30)18-8-3-4-9-19(18)24(28)31/h3-5,8-11,15-16H,6-7,12-14H2,1-2H3. The number of ether oxygens (including phenoxy) is 1. The number of carbonyl (C=O) groups excluding carboxylic acids is 3. The summed E-state index contributed by atoms with van der Waals surface area (Å²) in [5.41, 5.74) is 2.68. The van der Waals surface area contributed by atoms with Gasteiger partial charge in [0.25, 0.3) is 11.8 Å². The van der Waals surface area contributed by atoms with Crippen LogP contribution < -0.4 is 4.90 Å². The molecule has 1 aromatic heterocycles. The van der Waals surface area contributed by atoms with Crippen molar-refractivity contribution in [1.29, 1.82) is 0 Å². The highest BCUT2D eigenvalue weighted by Crippen LogP contribution is 2.34. The Morgan fingerprint density at radius 1 is 1.15 bits per heavy atom. The fourth-order valence-electron chi connectivity index (χ4n) is 4.42. The van der Waals surface area contributed by atoms with Crippen LogP contribution in [0.2, 0.25) is 0 Å². The maximum Gasteiger partial charge on any atom is 0.262 e. The van der Waals surface area contributed by atoms with Gasteiger partial charge in [0.15, 0.2) is 5.13 Å². The van der Waals surface area contributed by atoms with Crippen LogP contribution in [0.15, 0.2) is 42.5 Å². The van der Waals surface area contributed by atoms with E-state index in [0.717, 1.165) is 33.5 Å². The first kappa shape index (κ1) is 21.7. The third-order valence-corrected chi connectivity index (χ3v) is 7.22. The van der Waals surface area contributed by atoms with Gasteiger partial charge in [-0.15, -0.1) is 0 Å². The van der Waals surface area contributed by atoms with Crippen molar-refractivity contribution in [2.24, 2.45) is 0 Å². The lowest BCUT2D eigenvalue weighted by Gasteiger charge is -2.25. The fraction of sp³-hybridized carbons (Fsp3) is 0.360. The van der Waals surface area contributed by atoms with E-state index in [1.54, 1.807) is 29.2 Å². The van der Waals surface area contributed by atoms with E-state index in [9.17, 15) is 14.4 Å². The highest BCUT2D eigenvalue weighted by molar-refractivity contribution is 7.22. The zero-order valence-electron chi connectivity index (χ0n) is 18.6. The fourth-order valence-corrected chi connectivity index (χ4v) is 5.45. The van der Waals surface area contributed by atoms with Crippen molar-refractivity contribution in [1.82, 2.24) is 9.88 Å². The minimum Gasteiger partial charge on any atom is -0.376 e. The maximum absolute atomic E-state index is 13.5. The smallest absolute Gasteiger partial charge is 0.262 e. The summed E-state index contributed by atoms with van der Waals surface area (Å²) in [6, 6.07) is 12.7. The van der Waals surface area contributed by atoms with Gasteiger partial charge in [-0.05, 0) is 42.5 Å². The second kappa shape index (κ2) is 8.68.